The lowest BCUT2D eigenvalue weighted by Crippen LogP contribution is -2.23. The molecule has 1 heterocycles. The second-order valence-electron chi connectivity index (χ2n) is 5.82. The average Bonchev–Trinajstić information content (AvgIpc) is 2.54. The zero-order valence-corrected chi connectivity index (χ0v) is 15.4. The Morgan fingerprint density at radius 3 is 2.40 bits per heavy atom. The fourth-order valence-electron chi connectivity index (χ4n) is 2.66. The van der Waals surface area contributed by atoms with Gasteiger partial charge in [0.25, 0.3) is 0 Å². The largest absolute Gasteiger partial charge is 0.486 e. The number of amides is 1. The van der Waals surface area contributed by atoms with Crippen LogP contribution in [0.25, 0.3) is 0 Å². The van der Waals surface area contributed by atoms with Gasteiger partial charge in [-0.2, -0.15) is 0 Å². The first-order valence-electron chi connectivity index (χ1n) is 7.83. The molecule has 2 aromatic carbocycles. The van der Waals surface area contributed by atoms with Gasteiger partial charge in [0.1, 0.15) is 13.2 Å². The molecule has 2 aromatic rings. The van der Waals surface area contributed by atoms with Crippen LogP contribution >= 0.6 is 23.2 Å². The molecule has 7 heteroatoms. The Morgan fingerprint density at radius 2 is 1.72 bits per heavy atom. The first-order chi connectivity index (χ1) is 11.9. The quantitative estimate of drug-likeness (QED) is 0.823. The van der Waals surface area contributed by atoms with Gasteiger partial charge in [-0.3, -0.25) is 4.79 Å². The molecule has 1 aliphatic rings. The van der Waals surface area contributed by atoms with Crippen LogP contribution in [-0.2, 0) is 4.79 Å². The number of halogens is 2. The zero-order chi connectivity index (χ0) is 18.0. The summed E-state index contributed by atoms with van der Waals surface area (Å²) in [4.78, 5) is 12.2. The van der Waals surface area contributed by atoms with Crippen LogP contribution in [-0.4, -0.2) is 25.7 Å². The second-order valence-corrected chi connectivity index (χ2v) is 6.63. The topological polar surface area (TPSA) is 59.6 Å². The van der Waals surface area contributed by atoms with Gasteiger partial charge in [-0.05, 0) is 31.0 Å². The highest BCUT2D eigenvalue weighted by molar-refractivity contribution is 6.34. The number of benzene rings is 2. The number of fused-ring (bicyclic) bond motifs is 1. The molecule has 0 unspecified atom stereocenters. The summed E-state index contributed by atoms with van der Waals surface area (Å²) in [5.74, 6) is 0.903. The summed E-state index contributed by atoms with van der Waals surface area (Å²) >= 11 is 12.4. The second kappa shape index (κ2) is 7.42. The Bertz CT molecular complexity index is 801. The van der Waals surface area contributed by atoms with E-state index < -0.39 is 0 Å². The van der Waals surface area contributed by atoms with Gasteiger partial charge in [-0.25, -0.2) is 0 Å². The van der Waals surface area contributed by atoms with Crippen molar-refractivity contribution < 1.29 is 14.3 Å². The number of carbonyl (C=O) groups excluding carboxylic acids is 1. The van der Waals surface area contributed by atoms with Gasteiger partial charge < -0.3 is 20.1 Å². The van der Waals surface area contributed by atoms with Crippen LogP contribution < -0.4 is 20.1 Å². The molecule has 2 N–H and O–H groups in total. The highest BCUT2D eigenvalue weighted by Crippen LogP contribution is 2.38. The number of anilines is 2. The molecular weight excluding hydrogens is 363 g/mol. The number of hydrogen-bond donors (Lipinski definition) is 2. The Morgan fingerprint density at radius 1 is 1.04 bits per heavy atom. The van der Waals surface area contributed by atoms with E-state index in [2.05, 4.69) is 10.6 Å². The highest BCUT2D eigenvalue weighted by Gasteiger charge is 2.16. The normalized spacial score (nSPS) is 12.6. The molecule has 0 bridgehead atoms. The van der Waals surface area contributed by atoms with Crippen molar-refractivity contribution in [2.24, 2.45) is 0 Å². The van der Waals surface area contributed by atoms with E-state index >= 15 is 0 Å². The molecule has 1 aliphatic heterocycles. The van der Waals surface area contributed by atoms with Gasteiger partial charge in [0.2, 0.25) is 5.91 Å². The van der Waals surface area contributed by atoms with E-state index in [1.54, 1.807) is 12.1 Å². The molecule has 0 radical (unpaired) electrons. The monoisotopic (exact) mass is 380 g/mol. The van der Waals surface area contributed by atoms with Crippen LogP contribution in [0.2, 0.25) is 10.0 Å². The molecule has 0 spiro atoms. The lowest BCUT2D eigenvalue weighted by atomic mass is 10.1. The summed E-state index contributed by atoms with van der Waals surface area (Å²) in [5.41, 5.74) is 3.27. The SMILES string of the molecule is Cc1cc(C)c(NCC(=O)Nc2cc3c(cc2Cl)OCCO3)c(Cl)c1. The van der Waals surface area contributed by atoms with Crippen LogP contribution in [0.5, 0.6) is 11.5 Å². The fourth-order valence-corrected chi connectivity index (χ4v) is 3.25. The zero-order valence-electron chi connectivity index (χ0n) is 13.9. The molecule has 1 amide bonds. The van der Waals surface area contributed by atoms with Crippen molar-refractivity contribution in [2.75, 3.05) is 30.4 Å². The number of carbonyl (C=O) groups is 1. The van der Waals surface area contributed by atoms with Gasteiger partial charge in [-0.15, -0.1) is 0 Å². The van der Waals surface area contributed by atoms with Crippen molar-refractivity contribution >= 4 is 40.5 Å². The van der Waals surface area contributed by atoms with Crippen molar-refractivity contribution in [1.82, 2.24) is 0 Å². The molecule has 3 rings (SSSR count). The number of nitrogens with one attached hydrogen (secondary N) is 2. The Labute approximate surface area is 156 Å². The fraction of sp³-hybridized carbons (Fsp3) is 0.278. The van der Waals surface area contributed by atoms with Crippen molar-refractivity contribution in [3.8, 4) is 11.5 Å². The molecule has 5 nitrogen and oxygen atoms in total. The number of hydrogen-bond acceptors (Lipinski definition) is 4. The molecule has 0 atom stereocenters. The van der Waals surface area contributed by atoms with Crippen LogP contribution in [0.3, 0.4) is 0 Å². The minimum atomic E-state index is -0.241. The predicted molar refractivity (Wildman–Crippen MR) is 100 cm³/mol. The van der Waals surface area contributed by atoms with Crippen LogP contribution in [0.1, 0.15) is 11.1 Å². The van der Waals surface area contributed by atoms with E-state index in [9.17, 15) is 4.79 Å². The maximum Gasteiger partial charge on any atom is 0.243 e. The average molecular weight is 381 g/mol. The number of aryl methyl sites for hydroxylation is 2. The lowest BCUT2D eigenvalue weighted by molar-refractivity contribution is -0.114. The smallest absolute Gasteiger partial charge is 0.243 e. The van der Waals surface area contributed by atoms with E-state index in [1.165, 1.54) is 0 Å². The van der Waals surface area contributed by atoms with E-state index in [4.69, 9.17) is 32.7 Å². The molecular formula is C18H18Cl2N2O3. The van der Waals surface area contributed by atoms with Crippen LogP contribution in [0, 0.1) is 13.8 Å². The van der Waals surface area contributed by atoms with Crippen molar-refractivity contribution in [3.63, 3.8) is 0 Å². The standard InChI is InChI=1S/C18H18Cl2N2O3/c1-10-5-11(2)18(13(20)6-10)21-9-17(23)22-14-8-16-15(7-12(14)19)24-3-4-25-16/h5-8,21H,3-4,9H2,1-2H3,(H,22,23). The minimum Gasteiger partial charge on any atom is -0.486 e. The van der Waals surface area contributed by atoms with E-state index in [1.807, 2.05) is 26.0 Å². The molecule has 0 fully saturated rings. The predicted octanol–water partition coefficient (Wildman–Crippen LogP) is 4.43. The van der Waals surface area contributed by atoms with E-state index in [0.717, 1.165) is 16.8 Å². The van der Waals surface area contributed by atoms with E-state index in [0.29, 0.717) is 40.4 Å². The molecule has 132 valence electrons. The van der Waals surface area contributed by atoms with Crippen LogP contribution in [0.4, 0.5) is 11.4 Å². The summed E-state index contributed by atoms with van der Waals surface area (Å²) in [6.45, 7) is 4.93. The van der Waals surface area contributed by atoms with Gasteiger partial charge in [-0.1, -0.05) is 29.3 Å². The summed E-state index contributed by atoms with van der Waals surface area (Å²) in [5, 5.41) is 6.81. The summed E-state index contributed by atoms with van der Waals surface area (Å²) in [6, 6.07) is 7.16. The van der Waals surface area contributed by atoms with Gasteiger partial charge in [0.15, 0.2) is 11.5 Å². The Kier molecular flexibility index (Phi) is 5.25. The summed E-state index contributed by atoms with van der Waals surface area (Å²) in [7, 11) is 0. The molecule has 25 heavy (non-hydrogen) atoms. The van der Waals surface area contributed by atoms with Gasteiger partial charge in [0.05, 0.1) is 28.0 Å². The maximum absolute atomic E-state index is 12.2. The third-order valence-electron chi connectivity index (χ3n) is 3.76. The minimum absolute atomic E-state index is 0.0639. The first kappa shape index (κ1) is 17.7. The molecule has 0 saturated heterocycles. The Balaban J connectivity index is 1.67. The summed E-state index contributed by atoms with van der Waals surface area (Å²) < 4.78 is 11.0. The summed E-state index contributed by atoms with van der Waals surface area (Å²) in [6.07, 6.45) is 0. The third kappa shape index (κ3) is 4.11. The highest BCUT2D eigenvalue weighted by atomic mass is 35.5. The lowest BCUT2D eigenvalue weighted by Gasteiger charge is -2.20. The van der Waals surface area contributed by atoms with Crippen molar-refractivity contribution in [1.29, 1.82) is 0 Å². The molecule has 0 aliphatic carbocycles. The maximum atomic E-state index is 12.2. The van der Waals surface area contributed by atoms with Gasteiger partial charge in [0, 0.05) is 12.1 Å². The third-order valence-corrected chi connectivity index (χ3v) is 4.37. The van der Waals surface area contributed by atoms with Crippen molar-refractivity contribution in [2.45, 2.75) is 13.8 Å². The van der Waals surface area contributed by atoms with E-state index in [-0.39, 0.29) is 12.5 Å². The molecule has 0 aromatic heterocycles. The van der Waals surface area contributed by atoms with Crippen LogP contribution in [0.15, 0.2) is 24.3 Å². The number of rotatable bonds is 4. The van der Waals surface area contributed by atoms with Crippen molar-refractivity contribution in [3.05, 3.63) is 45.4 Å². The molecule has 0 saturated carbocycles. The Hall–Kier alpha value is -2.11. The van der Waals surface area contributed by atoms with Gasteiger partial charge >= 0.3 is 0 Å². The first-order valence-corrected chi connectivity index (χ1v) is 8.59. The number of ether oxygens (including phenoxy) is 2.